The lowest BCUT2D eigenvalue weighted by Crippen LogP contribution is -2.50. The number of hydrogen-bond acceptors (Lipinski definition) is 5. The minimum Gasteiger partial charge on any atom is -0.338 e. The highest BCUT2D eigenvalue weighted by Crippen LogP contribution is 2.29. The van der Waals surface area contributed by atoms with Crippen molar-refractivity contribution < 1.29 is 9.18 Å². The molecule has 3 aromatic rings. The Morgan fingerprint density at radius 2 is 1.75 bits per heavy atom. The maximum Gasteiger partial charge on any atom is 0.244 e. The number of halogens is 1. The van der Waals surface area contributed by atoms with Crippen molar-refractivity contribution in [3.8, 4) is 11.3 Å². The van der Waals surface area contributed by atoms with E-state index in [2.05, 4.69) is 14.9 Å². The quantitative estimate of drug-likeness (QED) is 0.527. The second-order valence-corrected chi connectivity index (χ2v) is 8.99. The number of carbonyl (C=O) groups excluding carboxylic acids is 1. The van der Waals surface area contributed by atoms with Crippen LogP contribution >= 0.6 is 0 Å². The van der Waals surface area contributed by atoms with Gasteiger partial charge in [-0.05, 0) is 54.7 Å². The SMILES string of the molecule is CC1=CCCC(c2cc(-c3ccccc3)n(CC(=O)N3CCN(c4ncccn4)CC3)n2)=CC=C1F. The van der Waals surface area contributed by atoms with E-state index in [4.69, 9.17) is 5.10 Å². The van der Waals surface area contributed by atoms with Crippen LogP contribution in [0, 0.1) is 0 Å². The van der Waals surface area contributed by atoms with E-state index in [0.29, 0.717) is 37.7 Å². The number of carbonyl (C=O) groups is 1. The van der Waals surface area contributed by atoms with Gasteiger partial charge < -0.3 is 9.80 Å². The van der Waals surface area contributed by atoms with E-state index >= 15 is 0 Å². The van der Waals surface area contributed by atoms with Crippen molar-refractivity contribution in [3.63, 3.8) is 0 Å². The smallest absolute Gasteiger partial charge is 0.244 e. The molecule has 1 fully saturated rings. The highest BCUT2D eigenvalue weighted by molar-refractivity contribution is 5.78. The van der Waals surface area contributed by atoms with Crippen molar-refractivity contribution in [1.29, 1.82) is 0 Å². The van der Waals surface area contributed by atoms with E-state index in [1.807, 2.05) is 47.4 Å². The molecule has 0 unspecified atom stereocenters. The summed E-state index contributed by atoms with van der Waals surface area (Å²) in [4.78, 5) is 25.9. The Labute approximate surface area is 210 Å². The lowest BCUT2D eigenvalue weighted by Gasteiger charge is -2.34. The minimum atomic E-state index is -0.231. The number of aromatic nitrogens is 4. The summed E-state index contributed by atoms with van der Waals surface area (Å²) in [6.45, 7) is 4.50. The maximum absolute atomic E-state index is 14.2. The van der Waals surface area contributed by atoms with Gasteiger partial charge in [0.1, 0.15) is 12.4 Å². The molecule has 1 saturated heterocycles. The van der Waals surface area contributed by atoms with Crippen LogP contribution in [0.25, 0.3) is 16.8 Å². The predicted octanol–water partition coefficient (Wildman–Crippen LogP) is 4.67. The Kier molecular flexibility index (Phi) is 7.02. The standard InChI is InChI=1S/C28H29FN6O/c1-21-7-5-10-22(11-12-24(21)29)25-19-26(23-8-3-2-4-9-23)35(32-25)20-27(36)33-15-17-34(18-16-33)28-30-13-6-14-31-28/h2-4,6-9,11-14,19H,5,10,15-18,20H2,1H3. The van der Waals surface area contributed by atoms with Gasteiger partial charge in [-0.2, -0.15) is 5.10 Å². The van der Waals surface area contributed by atoms with Crippen LogP contribution in [0.5, 0.6) is 0 Å². The first-order chi connectivity index (χ1) is 17.6. The molecule has 7 nitrogen and oxygen atoms in total. The molecule has 0 radical (unpaired) electrons. The van der Waals surface area contributed by atoms with Gasteiger partial charge in [0.15, 0.2) is 0 Å². The van der Waals surface area contributed by atoms with Crippen molar-refractivity contribution in [2.45, 2.75) is 26.3 Å². The molecule has 1 amide bonds. The van der Waals surface area contributed by atoms with Gasteiger partial charge in [0.05, 0.1) is 11.4 Å². The van der Waals surface area contributed by atoms with Gasteiger partial charge in [-0.1, -0.05) is 42.5 Å². The van der Waals surface area contributed by atoms with Gasteiger partial charge >= 0.3 is 0 Å². The summed E-state index contributed by atoms with van der Waals surface area (Å²) in [5, 5.41) is 4.82. The van der Waals surface area contributed by atoms with Crippen molar-refractivity contribution in [2.75, 3.05) is 31.1 Å². The van der Waals surface area contributed by atoms with Crippen LogP contribution in [0.3, 0.4) is 0 Å². The monoisotopic (exact) mass is 484 g/mol. The summed E-state index contributed by atoms with van der Waals surface area (Å²) >= 11 is 0. The molecule has 2 aromatic heterocycles. The van der Waals surface area contributed by atoms with Crippen molar-refractivity contribution >= 4 is 17.4 Å². The first-order valence-electron chi connectivity index (χ1n) is 12.3. The second kappa shape index (κ2) is 10.7. The third-order valence-electron chi connectivity index (χ3n) is 6.60. The largest absolute Gasteiger partial charge is 0.338 e. The summed E-state index contributed by atoms with van der Waals surface area (Å²) in [5.41, 5.74) is 4.23. The third-order valence-corrected chi connectivity index (χ3v) is 6.60. The fourth-order valence-electron chi connectivity index (χ4n) is 4.52. The number of amides is 1. The summed E-state index contributed by atoms with van der Waals surface area (Å²) in [5.74, 6) is 0.479. The van der Waals surface area contributed by atoms with E-state index in [1.54, 1.807) is 36.1 Å². The summed E-state index contributed by atoms with van der Waals surface area (Å²) in [7, 11) is 0. The highest BCUT2D eigenvalue weighted by Gasteiger charge is 2.24. The Morgan fingerprint density at radius 3 is 2.50 bits per heavy atom. The van der Waals surface area contributed by atoms with Crippen LogP contribution < -0.4 is 4.90 Å². The molecule has 1 aromatic carbocycles. The Balaban J connectivity index is 1.36. The lowest BCUT2D eigenvalue weighted by molar-refractivity contribution is -0.132. The lowest BCUT2D eigenvalue weighted by atomic mass is 10.0. The van der Waals surface area contributed by atoms with Crippen molar-refractivity contribution in [3.05, 3.63) is 90.2 Å². The second-order valence-electron chi connectivity index (χ2n) is 8.99. The van der Waals surface area contributed by atoms with Crippen molar-refractivity contribution in [2.24, 2.45) is 0 Å². The number of benzene rings is 1. The molecule has 0 N–H and O–H groups in total. The summed E-state index contributed by atoms with van der Waals surface area (Å²) in [6, 6.07) is 13.7. The van der Waals surface area contributed by atoms with Gasteiger partial charge in [-0.3, -0.25) is 9.48 Å². The molecule has 1 aliphatic carbocycles. The molecule has 1 aliphatic heterocycles. The zero-order chi connectivity index (χ0) is 24.9. The fraction of sp³-hybridized carbons (Fsp3) is 0.286. The zero-order valence-corrected chi connectivity index (χ0v) is 20.3. The number of rotatable bonds is 5. The number of piperazine rings is 1. The predicted molar refractivity (Wildman–Crippen MR) is 139 cm³/mol. The van der Waals surface area contributed by atoms with Gasteiger partial charge in [-0.15, -0.1) is 0 Å². The number of allylic oxidation sites excluding steroid dienone is 6. The van der Waals surface area contributed by atoms with E-state index in [0.717, 1.165) is 35.4 Å². The van der Waals surface area contributed by atoms with Gasteiger partial charge in [0, 0.05) is 38.6 Å². The van der Waals surface area contributed by atoms with E-state index in [9.17, 15) is 9.18 Å². The van der Waals surface area contributed by atoms with Gasteiger partial charge in [0.25, 0.3) is 0 Å². The molecule has 36 heavy (non-hydrogen) atoms. The molecule has 0 bridgehead atoms. The Hall–Kier alpha value is -4.07. The molecule has 2 aliphatic rings. The molecule has 184 valence electrons. The van der Waals surface area contributed by atoms with Crippen LogP contribution in [0.4, 0.5) is 10.3 Å². The summed E-state index contributed by atoms with van der Waals surface area (Å²) < 4.78 is 16.0. The normalized spacial score (nSPS) is 16.6. The van der Waals surface area contributed by atoms with E-state index < -0.39 is 0 Å². The minimum absolute atomic E-state index is 0.0200. The molecule has 5 rings (SSSR count). The Morgan fingerprint density at radius 1 is 1.00 bits per heavy atom. The topological polar surface area (TPSA) is 67.2 Å². The van der Waals surface area contributed by atoms with Crippen LogP contribution in [-0.2, 0) is 11.3 Å². The molecular formula is C28H29FN6O. The highest BCUT2D eigenvalue weighted by atomic mass is 19.1. The molecular weight excluding hydrogens is 455 g/mol. The number of anilines is 1. The zero-order valence-electron chi connectivity index (χ0n) is 20.3. The molecule has 3 heterocycles. The average molecular weight is 485 g/mol. The van der Waals surface area contributed by atoms with Crippen LogP contribution in [0.1, 0.15) is 25.5 Å². The third kappa shape index (κ3) is 5.27. The Bertz CT molecular complexity index is 1300. The van der Waals surface area contributed by atoms with Gasteiger partial charge in [-0.25, -0.2) is 14.4 Å². The summed E-state index contributed by atoms with van der Waals surface area (Å²) in [6.07, 6.45) is 10.2. The number of hydrogen-bond donors (Lipinski definition) is 0. The first kappa shape index (κ1) is 23.7. The first-order valence-corrected chi connectivity index (χ1v) is 12.3. The molecule has 0 saturated carbocycles. The fourth-order valence-corrected chi connectivity index (χ4v) is 4.52. The molecule has 8 heteroatoms. The van der Waals surface area contributed by atoms with Crippen LogP contribution in [0.15, 0.2) is 84.5 Å². The van der Waals surface area contributed by atoms with Crippen LogP contribution in [0.2, 0.25) is 0 Å². The van der Waals surface area contributed by atoms with E-state index in [-0.39, 0.29) is 18.3 Å². The van der Waals surface area contributed by atoms with Crippen LogP contribution in [-0.4, -0.2) is 56.7 Å². The molecule has 0 atom stereocenters. The average Bonchev–Trinajstić information content (AvgIpc) is 3.33. The maximum atomic E-state index is 14.2. The molecule has 0 spiro atoms. The van der Waals surface area contributed by atoms with Gasteiger partial charge in [0.2, 0.25) is 11.9 Å². The van der Waals surface area contributed by atoms with E-state index in [1.165, 1.54) is 6.08 Å². The van der Waals surface area contributed by atoms with Crippen molar-refractivity contribution in [1.82, 2.24) is 24.6 Å². The number of nitrogens with zero attached hydrogens (tertiary/aromatic N) is 6.